The number of nitrogens with two attached hydrogens (primary N) is 2. The summed E-state index contributed by atoms with van der Waals surface area (Å²) in [5, 5.41) is 61.8. The molecule has 0 radical (unpaired) electrons. The number of aliphatic carboxylic acids is 1. The average Bonchev–Trinajstić information content (AvgIpc) is 1.75. The molecule has 0 saturated carbocycles. The molecule has 1 aromatic heterocycles. The third-order valence-corrected chi connectivity index (χ3v) is 18.7. The Morgan fingerprint density at radius 1 is 0.682 bits per heavy atom. The lowest BCUT2D eigenvalue weighted by atomic mass is 9.98. The van der Waals surface area contributed by atoms with Crippen LogP contribution < -0.4 is 80.3 Å². The number of benzene rings is 2. The largest absolute Gasteiger partial charge is 0.508 e. The van der Waals surface area contributed by atoms with Crippen molar-refractivity contribution < 1.29 is 106 Å². The Morgan fingerprint density at radius 2 is 1.33 bits per heavy atom. The number of phenolic OH excluding ortho intramolecular Hbond substituents is 1. The van der Waals surface area contributed by atoms with Crippen LogP contribution in [0.2, 0.25) is 0 Å². The number of guanidine groups is 1. The monoisotopic (exact) mass is 1500 g/mol. The number of ether oxygens (including phenoxy) is 2. The van der Waals surface area contributed by atoms with E-state index in [1.165, 1.54) is 30.5 Å². The Morgan fingerprint density at radius 3 is 2.02 bits per heavy atom. The Hall–Kier alpha value is -11.5. The fraction of sp³-hybridized carbons (Fsp3) is 0.551. The molecule has 582 valence electrons. The third-order valence-electron chi connectivity index (χ3n) is 18.7. The lowest BCUT2D eigenvalue weighted by molar-refractivity contribution is -0.459. The third kappa shape index (κ3) is 24.3. The van der Waals surface area contributed by atoms with Gasteiger partial charge >= 0.3 is 23.9 Å². The summed E-state index contributed by atoms with van der Waals surface area (Å²) in [6.45, 7) is 3.01. The van der Waals surface area contributed by atoms with Crippen LogP contribution in [0.5, 0.6) is 5.75 Å². The highest BCUT2D eigenvalue weighted by molar-refractivity contribution is 6.01. The van der Waals surface area contributed by atoms with Crippen LogP contribution in [0.3, 0.4) is 0 Å². The second kappa shape index (κ2) is 39.6. The zero-order chi connectivity index (χ0) is 78.2. The predicted octanol–water partition coefficient (Wildman–Crippen LogP) is -6.99. The van der Waals surface area contributed by atoms with E-state index in [1.807, 2.05) is 0 Å². The number of carboxylic acid groups (broad SMARTS) is 1. The number of aromatic nitrogens is 1. The van der Waals surface area contributed by atoms with Crippen LogP contribution in [0, 0.1) is 5.92 Å². The summed E-state index contributed by atoms with van der Waals surface area (Å²) in [5.41, 5.74) is 12.7. The van der Waals surface area contributed by atoms with Crippen LogP contribution in [0.15, 0.2) is 54.7 Å². The number of hydrogen-bond donors (Lipinski definition) is 19. The van der Waals surface area contributed by atoms with Crippen LogP contribution in [-0.2, 0) is 99.0 Å². The lowest BCUT2D eigenvalue weighted by Gasteiger charge is -2.31. The van der Waals surface area contributed by atoms with Gasteiger partial charge in [0.05, 0.1) is 19.6 Å². The summed E-state index contributed by atoms with van der Waals surface area (Å²) >= 11 is 0. The molecule has 14 atom stereocenters. The highest BCUT2D eigenvalue weighted by Crippen LogP contribution is 2.24. The van der Waals surface area contributed by atoms with E-state index in [0.717, 1.165) is 18.7 Å². The van der Waals surface area contributed by atoms with E-state index in [1.54, 1.807) is 38.1 Å². The van der Waals surface area contributed by atoms with E-state index in [4.69, 9.17) is 20.9 Å². The number of aliphatic hydroxyl groups is 1. The Kier molecular flexibility index (Phi) is 30.6. The molecular formula is C69H96N17O21+. The van der Waals surface area contributed by atoms with Gasteiger partial charge in [-0.05, 0) is 100.0 Å². The maximum absolute atomic E-state index is 15.3. The minimum Gasteiger partial charge on any atom is -0.508 e. The molecule has 4 aliphatic heterocycles. The van der Waals surface area contributed by atoms with E-state index < -0.39 is 231 Å². The van der Waals surface area contributed by atoms with Crippen molar-refractivity contribution in [2.24, 2.45) is 17.4 Å². The smallest absolute Gasteiger partial charge is 0.338 e. The summed E-state index contributed by atoms with van der Waals surface area (Å²) in [7, 11) is 0. The molecule has 38 heteroatoms. The normalized spacial score (nSPS) is 25.6. The number of aromatic hydroxyl groups is 1. The van der Waals surface area contributed by atoms with E-state index in [-0.39, 0.29) is 82.7 Å². The van der Waals surface area contributed by atoms with Gasteiger partial charge in [-0.2, -0.15) is 0 Å². The fourth-order valence-corrected chi connectivity index (χ4v) is 12.6. The zero-order valence-corrected chi connectivity index (χ0v) is 59.7. The number of phenols is 1. The first kappa shape index (κ1) is 82.8. The van der Waals surface area contributed by atoms with Gasteiger partial charge in [-0.25, -0.2) is 4.79 Å². The highest BCUT2D eigenvalue weighted by Gasteiger charge is 2.44. The van der Waals surface area contributed by atoms with Gasteiger partial charge in [0.1, 0.15) is 91.0 Å². The number of carbonyl (C=O) groups excluding carboxylic acids is 15. The number of hydrogen-bond acceptors (Lipinski definition) is 20. The fourth-order valence-electron chi connectivity index (χ4n) is 12.6. The first-order valence-corrected chi connectivity index (χ1v) is 35.4. The molecule has 4 aliphatic rings. The van der Waals surface area contributed by atoms with Crippen molar-refractivity contribution in [3.8, 4) is 5.75 Å². The van der Waals surface area contributed by atoms with E-state index in [0.29, 0.717) is 28.5 Å². The number of H-pyrrole nitrogens is 1. The predicted molar refractivity (Wildman–Crippen MR) is 375 cm³/mol. The minimum atomic E-state index is -2.23. The van der Waals surface area contributed by atoms with Gasteiger partial charge < -0.3 is 98.5 Å². The molecule has 4 saturated heterocycles. The Bertz CT molecular complexity index is 3810. The number of nitrogens with one attached hydrogen (secondary N) is 14. The van der Waals surface area contributed by atoms with Crippen molar-refractivity contribution in [3.63, 3.8) is 0 Å². The first-order valence-electron chi connectivity index (χ1n) is 35.4. The Balaban J connectivity index is 1.43. The van der Waals surface area contributed by atoms with Gasteiger partial charge in [0.25, 0.3) is 0 Å². The maximum atomic E-state index is 15.3. The molecular weight excluding hydrogens is 1400 g/mol. The lowest BCUT2D eigenvalue weighted by Crippen LogP contribution is -2.78. The number of cyclic esters (lactones) is 1. The Labute approximate surface area is 614 Å². The van der Waals surface area contributed by atoms with Crippen molar-refractivity contribution in [1.82, 2.24) is 73.7 Å². The summed E-state index contributed by atoms with van der Waals surface area (Å²) in [5.74, 6) is -19.2. The van der Waals surface area contributed by atoms with E-state index >= 15 is 28.8 Å². The quantitative estimate of drug-likeness (QED) is 0.0258. The van der Waals surface area contributed by atoms with Crippen molar-refractivity contribution in [3.05, 3.63) is 65.9 Å². The van der Waals surface area contributed by atoms with Crippen molar-refractivity contribution >= 4 is 112 Å². The number of aromatic amines is 1. The molecule has 3 aromatic rings. The number of nitrogens with zero attached hydrogens (tertiary/aromatic N) is 1. The van der Waals surface area contributed by atoms with Gasteiger partial charge in [-0.15, -0.1) is 0 Å². The molecule has 0 spiro atoms. The molecule has 107 heavy (non-hydrogen) atoms. The minimum absolute atomic E-state index is 0.00882. The number of esters is 2. The number of carbonyl (C=O) groups is 16. The van der Waals surface area contributed by atoms with Crippen LogP contribution in [0.25, 0.3) is 10.9 Å². The van der Waals surface area contributed by atoms with Gasteiger partial charge in [0.15, 0.2) is 0 Å². The van der Waals surface area contributed by atoms with Crippen LogP contribution in [0.1, 0.15) is 122 Å². The number of para-hydroxylation sites is 1. The molecule has 4 bridgehead atoms. The molecule has 7 rings (SSSR count). The zero-order valence-electron chi connectivity index (χ0n) is 59.7. The SMILES string of the molecule is CC[C@H](C)[C@H](NC(C)=O)C(=O)N[C@@H](CO)C(=O)N[C@@H]1C(=O)N[C@@H](CCC[NH+]=C(N)N)C(=O)N[C@H]2CCCCNC(=O)CC[C@@H](C(=O)O)NC(=O)[C@@H]3CCC(=O)OC[C@H](NC(=O)[C@@H]4CCCN4C(=O)[C@H](Cc4ccc(O)cc4)NC2=O)C(=O)N[C@@H](CC(=O)O[C@@H]1C)C(=O)N[C@@H](Cc1c[nH]c2ccccc12)C(=O)N3. The topological polar surface area (TPSA) is 582 Å². The second-order valence-corrected chi connectivity index (χ2v) is 26.8. The molecule has 21 N–H and O–H groups in total. The second-order valence-electron chi connectivity index (χ2n) is 26.8. The van der Waals surface area contributed by atoms with Crippen molar-refractivity contribution in [1.29, 1.82) is 0 Å². The molecule has 4 fully saturated rings. The van der Waals surface area contributed by atoms with E-state index in [9.17, 15) is 63.3 Å². The van der Waals surface area contributed by atoms with Gasteiger partial charge in [0, 0.05) is 62.8 Å². The summed E-state index contributed by atoms with van der Waals surface area (Å²) in [6, 6.07) is -9.31. The maximum Gasteiger partial charge on any atom is 0.338 e. The van der Waals surface area contributed by atoms with Crippen LogP contribution >= 0.6 is 0 Å². The van der Waals surface area contributed by atoms with Crippen molar-refractivity contribution in [2.45, 2.75) is 203 Å². The highest BCUT2D eigenvalue weighted by atomic mass is 16.5. The molecule has 13 amide bonds. The van der Waals surface area contributed by atoms with Crippen molar-refractivity contribution in [2.75, 3.05) is 32.8 Å². The van der Waals surface area contributed by atoms with Crippen LogP contribution in [-0.4, -0.2) is 237 Å². The molecule has 0 unspecified atom stereocenters. The number of amides is 13. The number of carboxylic acids is 1. The number of rotatable bonds is 17. The van der Waals surface area contributed by atoms with E-state index in [2.05, 4.69) is 73.8 Å². The molecule has 5 heterocycles. The molecule has 38 nitrogen and oxygen atoms in total. The van der Waals surface area contributed by atoms with Gasteiger partial charge in [-0.1, -0.05) is 50.6 Å². The number of fused-ring (bicyclic) bond motifs is 13. The number of aliphatic hydroxyl groups excluding tert-OH is 1. The first-order chi connectivity index (χ1) is 50.9. The van der Waals surface area contributed by atoms with Gasteiger partial charge in [-0.3, -0.25) is 88.4 Å². The summed E-state index contributed by atoms with van der Waals surface area (Å²) < 4.78 is 11.4. The average molecular weight is 1500 g/mol. The van der Waals surface area contributed by atoms with Crippen LogP contribution in [0.4, 0.5) is 0 Å². The summed E-state index contributed by atoms with van der Waals surface area (Å²) in [6.07, 6.45) is -5.15. The molecule has 2 aromatic carbocycles. The standard InChI is InChI=1S/C69H95N17O21/c1-5-34(2)55(75-36(4)88)65(101)83-49(32-87)62(98)85-56-35(3)107-54(92)30-47-61(97)80-46(29-38-31-74-41-13-7-6-12-40(38)41)60(96)77-44-22-24-53(91)106-33-50(63(99)81-47)84-64(100)51-16-11-27-86(51)67(103)48(28-37-17-19-39(89)20-18-37)82-58(94)42(76-57(93)43(78-66(56)102)15-10-26-73-69(70)71)14-8-9-25-72-52(90)23-21-45(68(104)105)79-59(44)95/h6-7,12-13,17-20,31,34-35,42-51,55-56,74,87,89H,5,8-11,14-16,21-30,32-33H2,1-4H3,(H,72,90)(H,75,88)(H,76,93)(H,77,96)(H,78,102)(H,79,95)(H,80,97)(H,81,99)(H,82,94)(H,83,101)(H,84,100)(H,85,98)(H,104,105)(H4,70,71,73)/p+1/t34-,35+,42-,43-,44-,45-,46-,47-,48-,49-,50-,51-,55-,56-/m0/s1. The summed E-state index contributed by atoms with van der Waals surface area (Å²) in [4.78, 5) is 238. The van der Waals surface area contributed by atoms with Gasteiger partial charge in [0.2, 0.25) is 76.8 Å². The molecule has 0 aliphatic carbocycles.